The van der Waals surface area contributed by atoms with Crippen molar-refractivity contribution in [1.82, 2.24) is 5.32 Å². The summed E-state index contributed by atoms with van der Waals surface area (Å²) in [6.45, 7) is -0.284. The second kappa shape index (κ2) is 4.33. The van der Waals surface area contributed by atoms with Gasteiger partial charge >= 0.3 is 0 Å². The van der Waals surface area contributed by atoms with Crippen molar-refractivity contribution in [2.75, 3.05) is 6.54 Å². The van der Waals surface area contributed by atoms with E-state index in [1.807, 2.05) is 0 Å². The van der Waals surface area contributed by atoms with Crippen LogP contribution in [0.5, 0.6) is 5.75 Å². The quantitative estimate of drug-likeness (QED) is 0.784. The van der Waals surface area contributed by atoms with E-state index in [4.69, 9.17) is 0 Å². The van der Waals surface area contributed by atoms with Gasteiger partial charge in [-0.05, 0) is 17.7 Å². The zero-order chi connectivity index (χ0) is 10.2. The van der Waals surface area contributed by atoms with Gasteiger partial charge in [0.05, 0.1) is 6.54 Å². The van der Waals surface area contributed by atoms with Crippen molar-refractivity contribution in [2.24, 2.45) is 0 Å². The number of alkyl halides is 2. The maximum atomic E-state index is 12.9. The molecule has 5 heteroatoms. The smallest absolute Gasteiger partial charge is 0.262 e. The molecular formula is C10H12ClF2NO. The van der Waals surface area contributed by atoms with Gasteiger partial charge in [0.1, 0.15) is 5.75 Å². The van der Waals surface area contributed by atoms with Crippen molar-refractivity contribution < 1.29 is 13.9 Å². The highest BCUT2D eigenvalue weighted by atomic mass is 35.5. The average molecular weight is 236 g/mol. The van der Waals surface area contributed by atoms with Crippen LogP contribution in [-0.2, 0) is 0 Å². The van der Waals surface area contributed by atoms with Crippen molar-refractivity contribution in [1.29, 1.82) is 0 Å². The Kier molecular flexibility index (Phi) is 3.52. The number of aromatic hydroxyl groups is 1. The lowest BCUT2D eigenvalue weighted by molar-refractivity contribution is 0.0210. The van der Waals surface area contributed by atoms with E-state index >= 15 is 0 Å². The van der Waals surface area contributed by atoms with Gasteiger partial charge in [-0.2, -0.15) is 0 Å². The van der Waals surface area contributed by atoms with E-state index in [2.05, 4.69) is 5.32 Å². The van der Waals surface area contributed by atoms with E-state index in [9.17, 15) is 13.9 Å². The van der Waals surface area contributed by atoms with Crippen molar-refractivity contribution in [3.8, 4) is 5.75 Å². The summed E-state index contributed by atoms with van der Waals surface area (Å²) in [5.74, 6) is -2.52. The van der Waals surface area contributed by atoms with Crippen LogP contribution in [-0.4, -0.2) is 17.6 Å². The van der Waals surface area contributed by atoms with E-state index in [1.165, 1.54) is 12.1 Å². The number of benzene rings is 1. The molecule has 0 aromatic heterocycles. The molecule has 1 aromatic carbocycles. The van der Waals surface area contributed by atoms with Crippen LogP contribution < -0.4 is 5.32 Å². The van der Waals surface area contributed by atoms with Crippen molar-refractivity contribution in [2.45, 2.75) is 18.4 Å². The first-order valence-electron chi connectivity index (χ1n) is 4.47. The number of phenols is 1. The minimum absolute atomic E-state index is 0. The highest BCUT2D eigenvalue weighted by Crippen LogP contribution is 2.34. The molecule has 0 bridgehead atoms. The third-order valence-electron chi connectivity index (χ3n) is 2.38. The second-order valence-electron chi connectivity index (χ2n) is 3.59. The van der Waals surface area contributed by atoms with Gasteiger partial charge in [-0.3, -0.25) is 0 Å². The first kappa shape index (κ1) is 12.2. The van der Waals surface area contributed by atoms with Crippen LogP contribution in [0.15, 0.2) is 24.3 Å². The van der Waals surface area contributed by atoms with E-state index in [-0.39, 0.29) is 37.2 Å². The molecule has 1 saturated heterocycles. The number of hydrogen-bond acceptors (Lipinski definition) is 2. The standard InChI is InChI=1S/C10H11F2NO.ClH/c11-10(12)5-9(13-6-10)7-2-1-3-8(14)4-7;/h1-4,9,13-14H,5-6H2;1H. The molecule has 0 spiro atoms. The number of nitrogens with one attached hydrogen (secondary N) is 1. The fourth-order valence-electron chi connectivity index (χ4n) is 1.69. The summed E-state index contributed by atoms with van der Waals surface area (Å²) in [7, 11) is 0. The molecule has 0 amide bonds. The Morgan fingerprint density at radius 3 is 2.67 bits per heavy atom. The monoisotopic (exact) mass is 235 g/mol. The van der Waals surface area contributed by atoms with Crippen molar-refractivity contribution in [3.05, 3.63) is 29.8 Å². The van der Waals surface area contributed by atoms with Crippen molar-refractivity contribution in [3.63, 3.8) is 0 Å². The summed E-state index contributed by atoms with van der Waals surface area (Å²) >= 11 is 0. The summed E-state index contributed by atoms with van der Waals surface area (Å²) < 4.78 is 25.7. The lowest BCUT2D eigenvalue weighted by atomic mass is 10.0. The summed E-state index contributed by atoms with van der Waals surface area (Å²) in [4.78, 5) is 0. The molecule has 15 heavy (non-hydrogen) atoms. The van der Waals surface area contributed by atoms with E-state index in [0.29, 0.717) is 5.56 Å². The van der Waals surface area contributed by atoms with Gasteiger partial charge < -0.3 is 10.4 Å². The Morgan fingerprint density at radius 2 is 2.13 bits per heavy atom. The zero-order valence-electron chi connectivity index (χ0n) is 7.91. The Hall–Kier alpha value is -0.870. The minimum atomic E-state index is -2.63. The van der Waals surface area contributed by atoms with Crippen LogP contribution in [0.4, 0.5) is 8.78 Å². The number of phenolic OH excluding ortho intramolecular Hbond substituents is 1. The van der Waals surface area contributed by atoms with Gasteiger partial charge in [-0.15, -0.1) is 12.4 Å². The molecule has 0 aliphatic carbocycles. The van der Waals surface area contributed by atoms with E-state index in [1.54, 1.807) is 12.1 Å². The van der Waals surface area contributed by atoms with Crippen LogP contribution in [0.25, 0.3) is 0 Å². The minimum Gasteiger partial charge on any atom is -0.508 e. The molecule has 2 N–H and O–H groups in total. The zero-order valence-corrected chi connectivity index (χ0v) is 8.73. The van der Waals surface area contributed by atoms with Crippen molar-refractivity contribution >= 4 is 12.4 Å². The van der Waals surface area contributed by atoms with Crippen LogP contribution in [0.3, 0.4) is 0 Å². The molecule has 1 aliphatic rings. The van der Waals surface area contributed by atoms with Crippen LogP contribution in [0, 0.1) is 0 Å². The molecule has 1 atom stereocenters. The summed E-state index contributed by atoms with van der Waals surface area (Å²) in [6, 6.07) is 6.08. The molecule has 1 fully saturated rings. The SMILES string of the molecule is Cl.Oc1cccc(C2CC(F)(F)CN2)c1. The van der Waals surface area contributed by atoms with Gasteiger partial charge in [-0.25, -0.2) is 8.78 Å². The Bertz CT molecular complexity index is 346. The molecule has 1 unspecified atom stereocenters. The highest BCUT2D eigenvalue weighted by Gasteiger charge is 2.39. The predicted molar refractivity (Wildman–Crippen MR) is 55.7 cm³/mol. The molecule has 84 valence electrons. The third-order valence-corrected chi connectivity index (χ3v) is 2.38. The summed E-state index contributed by atoms with van der Waals surface area (Å²) in [5.41, 5.74) is 0.710. The first-order valence-corrected chi connectivity index (χ1v) is 4.47. The second-order valence-corrected chi connectivity index (χ2v) is 3.59. The van der Waals surface area contributed by atoms with Crippen LogP contribution >= 0.6 is 12.4 Å². The van der Waals surface area contributed by atoms with E-state index in [0.717, 1.165) is 0 Å². The normalized spacial score (nSPS) is 23.5. The predicted octanol–water partition coefficient (Wildman–Crippen LogP) is 2.48. The summed E-state index contributed by atoms with van der Waals surface area (Å²) in [6.07, 6.45) is -0.198. The molecule has 0 radical (unpaired) electrons. The number of hydrogen-bond donors (Lipinski definition) is 2. The van der Waals surface area contributed by atoms with Gasteiger partial charge in [0.2, 0.25) is 0 Å². The number of halogens is 3. The van der Waals surface area contributed by atoms with Gasteiger partial charge in [0.25, 0.3) is 5.92 Å². The topological polar surface area (TPSA) is 32.3 Å². The molecular weight excluding hydrogens is 224 g/mol. The Labute approximate surface area is 92.7 Å². The summed E-state index contributed by atoms with van der Waals surface area (Å²) in [5, 5.41) is 11.9. The first-order chi connectivity index (χ1) is 6.57. The van der Waals surface area contributed by atoms with E-state index < -0.39 is 5.92 Å². The van der Waals surface area contributed by atoms with Gasteiger partial charge in [-0.1, -0.05) is 12.1 Å². The lowest BCUT2D eigenvalue weighted by Gasteiger charge is -2.10. The lowest BCUT2D eigenvalue weighted by Crippen LogP contribution is -2.19. The maximum Gasteiger partial charge on any atom is 0.262 e. The molecule has 2 nitrogen and oxygen atoms in total. The fourth-order valence-corrected chi connectivity index (χ4v) is 1.69. The van der Waals surface area contributed by atoms with Gasteiger partial charge in [0.15, 0.2) is 0 Å². The van der Waals surface area contributed by atoms with Crippen LogP contribution in [0.1, 0.15) is 18.0 Å². The third kappa shape index (κ3) is 2.79. The molecule has 1 aliphatic heterocycles. The maximum absolute atomic E-state index is 12.9. The van der Waals surface area contributed by atoms with Gasteiger partial charge in [0, 0.05) is 12.5 Å². The van der Waals surface area contributed by atoms with Crippen LogP contribution in [0.2, 0.25) is 0 Å². The Balaban J connectivity index is 0.00000112. The molecule has 2 rings (SSSR count). The molecule has 1 aromatic rings. The molecule has 1 heterocycles. The fraction of sp³-hybridized carbons (Fsp3) is 0.400. The highest BCUT2D eigenvalue weighted by molar-refractivity contribution is 5.85. The average Bonchev–Trinajstić information content (AvgIpc) is 2.46. The number of rotatable bonds is 1. The Morgan fingerprint density at radius 1 is 1.40 bits per heavy atom. The molecule has 0 saturated carbocycles. The largest absolute Gasteiger partial charge is 0.508 e.